The zero-order valence-electron chi connectivity index (χ0n) is 15.9. The van der Waals surface area contributed by atoms with Gasteiger partial charge < -0.3 is 9.03 Å². The van der Waals surface area contributed by atoms with E-state index in [4.69, 9.17) is 0 Å². The van der Waals surface area contributed by atoms with Crippen LogP contribution in [-0.2, 0) is 20.0 Å². The predicted octanol–water partition coefficient (Wildman–Crippen LogP) is 2.94. The van der Waals surface area contributed by atoms with Gasteiger partial charge in [0.05, 0.1) is 18.1 Å². The topological polar surface area (TPSA) is 86.8 Å². The van der Waals surface area contributed by atoms with E-state index < -0.39 is 31.1 Å². The highest BCUT2D eigenvalue weighted by molar-refractivity contribution is 8.13. The molecule has 0 aromatic carbocycles. The lowest BCUT2D eigenvalue weighted by atomic mass is 10.0. The van der Waals surface area contributed by atoms with Crippen LogP contribution < -0.4 is 4.90 Å². The van der Waals surface area contributed by atoms with E-state index in [0.29, 0.717) is 5.54 Å². The van der Waals surface area contributed by atoms with Gasteiger partial charge in [0.15, 0.2) is 20.0 Å². The Hall–Kier alpha value is -0.600. The number of quaternary nitrogens is 1. The molecule has 0 saturated carbocycles. The molecule has 0 saturated heterocycles. The molecule has 0 aromatic heterocycles. The number of sulfonamides is 2. The van der Waals surface area contributed by atoms with Crippen LogP contribution >= 0.6 is 0 Å². The van der Waals surface area contributed by atoms with Crippen molar-refractivity contribution in [3.8, 4) is 0 Å². The van der Waals surface area contributed by atoms with Crippen LogP contribution in [-0.4, -0.2) is 46.0 Å². The Morgan fingerprint density at radius 2 is 1.19 bits per heavy atom. The van der Waals surface area contributed by atoms with Gasteiger partial charge in [0, 0.05) is 0 Å². The summed E-state index contributed by atoms with van der Waals surface area (Å²) in [5, 5.41) is 0. The lowest BCUT2D eigenvalue weighted by Gasteiger charge is -2.35. The maximum absolute atomic E-state index is 11.4. The number of alkyl halides is 6. The van der Waals surface area contributed by atoms with E-state index in [9.17, 15) is 43.2 Å². The van der Waals surface area contributed by atoms with Crippen molar-refractivity contribution in [1.82, 2.24) is 0 Å². The lowest BCUT2D eigenvalue weighted by molar-refractivity contribution is -0.966. The number of hydrogen-bond donors (Lipinski definition) is 1. The van der Waals surface area contributed by atoms with Gasteiger partial charge in [-0.2, -0.15) is 26.3 Å². The predicted molar refractivity (Wildman–Crippen MR) is 88.9 cm³/mol. The molecule has 1 atom stereocenters. The molecule has 0 aromatic rings. The first-order valence-electron chi connectivity index (χ1n) is 7.83. The van der Waals surface area contributed by atoms with Gasteiger partial charge in [-0.1, -0.05) is 13.3 Å². The quantitative estimate of drug-likeness (QED) is 0.628. The van der Waals surface area contributed by atoms with Crippen molar-refractivity contribution in [2.45, 2.75) is 77.0 Å². The van der Waals surface area contributed by atoms with Gasteiger partial charge in [0.25, 0.3) is 0 Å². The van der Waals surface area contributed by atoms with Gasteiger partial charge in [0.2, 0.25) is 0 Å². The number of hydrogen-bond acceptors (Lipinski definition) is 4. The molecular weight excluding hydrogens is 426 g/mol. The van der Waals surface area contributed by atoms with Crippen LogP contribution in [0.25, 0.3) is 4.13 Å². The summed E-state index contributed by atoms with van der Waals surface area (Å²) in [5.41, 5.74) is -12.0. The van der Waals surface area contributed by atoms with Crippen LogP contribution in [0.15, 0.2) is 0 Å². The van der Waals surface area contributed by atoms with Crippen molar-refractivity contribution in [3.05, 3.63) is 4.13 Å². The maximum Gasteiger partial charge on any atom is 0.480 e. The van der Waals surface area contributed by atoms with Crippen LogP contribution in [0.3, 0.4) is 0 Å². The Labute approximate surface area is 156 Å². The standard InChI is InChI=1S/C11H25N.C2F6NO4S2/c1-7-8-9-12(10(2)3)11(4,5)6;3-1(4,5)14(10,11)9-15(12,13)2(6,7)8/h10H,7-9H2,1-6H3;/q;-1/p+1. The largest absolute Gasteiger partial charge is 0.480 e. The van der Waals surface area contributed by atoms with E-state index in [1.54, 1.807) is 4.90 Å². The van der Waals surface area contributed by atoms with Crippen molar-refractivity contribution in [1.29, 1.82) is 0 Å². The van der Waals surface area contributed by atoms with E-state index >= 15 is 0 Å². The highest BCUT2D eigenvalue weighted by atomic mass is 32.3. The van der Waals surface area contributed by atoms with Crippen molar-refractivity contribution in [3.63, 3.8) is 0 Å². The Bertz CT molecular complexity index is 608. The maximum atomic E-state index is 11.4. The molecule has 166 valence electrons. The first kappa shape index (κ1) is 28.6. The third-order valence-corrected chi connectivity index (χ3v) is 5.98. The van der Waals surface area contributed by atoms with Crippen LogP contribution in [0.1, 0.15) is 54.4 Å². The normalized spacial score (nSPS) is 15.3. The summed E-state index contributed by atoms with van der Waals surface area (Å²) >= 11 is 0. The third-order valence-electron chi connectivity index (χ3n) is 3.24. The van der Waals surface area contributed by atoms with E-state index in [-0.39, 0.29) is 0 Å². The molecule has 0 aliphatic carbocycles. The number of nitrogens with one attached hydrogen (secondary N) is 1. The summed E-state index contributed by atoms with van der Waals surface area (Å²) in [6.45, 7) is 15.2. The fraction of sp³-hybridized carbons (Fsp3) is 1.00. The average Bonchev–Trinajstić information content (AvgIpc) is 2.33. The van der Waals surface area contributed by atoms with Gasteiger partial charge in [-0.3, -0.25) is 0 Å². The smallest absolute Gasteiger partial charge is 0.421 e. The Kier molecular flexibility index (Phi) is 10.3. The summed E-state index contributed by atoms with van der Waals surface area (Å²) in [5.74, 6) is 0. The monoisotopic (exact) mass is 452 g/mol. The van der Waals surface area contributed by atoms with E-state index in [1.165, 1.54) is 19.4 Å². The Morgan fingerprint density at radius 3 is 1.37 bits per heavy atom. The molecule has 0 aliphatic rings. The average molecular weight is 452 g/mol. The van der Waals surface area contributed by atoms with Gasteiger partial charge in [-0.15, -0.1) is 0 Å². The fourth-order valence-corrected chi connectivity index (χ4v) is 3.82. The number of unbranched alkanes of at least 4 members (excludes halogenated alkanes) is 1. The van der Waals surface area contributed by atoms with Crippen molar-refractivity contribution < 1.29 is 48.1 Å². The molecule has 6 nitrogen and oxygen atoms in total. The summed E-state index contributed by atoms with van der Waals surface area (Å²) in [6.07, 6.45) is 2.66. The first-order valence-corrected chi connectivity index (χ1v) is 10.7. The van der Waals surface area contributed by atoms with Gasteiger partial charge >= 0.3 is 11.0 Å². The van der Waals surface area contributed by atoms with E-state index in [1.807, 2.05) is 0 Å². The third kappa shape index (κ3) is 9.94. The minimum absolute atomic E-state index is 0.406. The summed E-state index contributed by atoms with van der Waals surface area (Å²) in [7, 11) is -13.4. The molecule has 0 fully saturated rings. The minimum Gasteiger partial charge on any atom is -0.421 e. The number of halogens is 6. The molecule has 0 rings (SSSR count). The van der Waals surface area contributed by atoms with Crippen LogP contribution in [0.2, 0.25) is 0 Å². The highest BCUT2D eigenvalue weighted by Gasteiger charge is 2.46. The second-order valence-electron chi connectivity index (χ2n) is 6.95. The molecular formula is C13H26F6N2O4S2. The highest BCUT2D eigenvalue weighted by Crippen LogP contribution is 2.36. The van der Waals surface area contributed by atoms with Crippen LogP contribution in [0.5, 0.6) is 0 Å². The first-order chi connectivity index (χ1) is 11.6. The summed E-state index contributed by atoms with van der Waals surface area (Å²) in [6, 6.07) is 0.747. The minimum atomic E-state index is -6.72. The second-order valence-corrected chi connectivity index (χ2v) is 10.4. The zero-order valence-corrected chi connectivity index (χ0v) is 17.5. The molecule has 1 unspecified atom stereocenters. The van der Waals surface area contributed by atoms with Crippen molar-refractivity contribution in [2.24, 2.45) is 0 Å². The number of rotatable bonds is 6. The molecule has 0 amide bonds. The van der Waals surface area contributed by atoms with E-state index in [2.05, 4.69) is 41.5 Å². The summed E-state index contributed by atoms with van der Waals surface area (Å²) in [4.78, 5) is 1.73. The Balaban J connectivity index is 0. The molecule has 0 spiro atoms. The van der Waals surface area contributed by atoms with Crippen LogP contribution in [0.4, 0.5) is 26.3 Å². The molecule has 14 heteroatoms. The van der Waals surface area contributed by atoms with Gasteiger partial charge in [0.1, 0.15) is 0 Å². The molecule has 1 N–H and O–H groups in total. The van der Waals surface area contributed by atoms with Gasteiger partial charge in [-0.25, -0.2) is 16.8 Å². The van der Waals surface area contributed by atoms with Crippen LogP contribution in [0, 0.1) is 0 Å². The molecule has 0 bridgehead atoms. The van der Waals surface area contributed by atoms with Crippen molar-refractivity contribution in [2.75, 3.05) is 6.54 Å². The Morgan fingerprint density at radius 1 is 0.852 bits per heavy atom. The number of nitrogens with zero attached hydrogens (tertiary/aromatic N) is 1. The van der Waals surface area contributed by atoms with E-state index in [0.717, 1.165) is 10.2 Å². The molecule has 0 heterocycles. The fourth-order valence-electron chi connectivity index (χ4n) is 2.11. The second kappa shape index (κ2) is 9.74. The lowest BCUT2D eigenvalue weighted by Crippen LogP contribution is -3.21. The summed E-state index contributed by atoms with van der Waals surface area (Å²) < 4.78 is 109. The molecule has 0 radical (unpaired) electrons. The SMILES string of the molecule is CCCC[NH+](C(C)C)C(C)(C)C.O=S(=O)([N-]S(=O)(=O)C(F)(F)F)C(F)(F)F. The van der Waals surface area contributed by atoms with Crippen molar-refractivity contribution >= 4 is 20.0 Å². The zero-order chi connectivity index (χ0) is 22.5. The molecule has 27 heavy (non-hydrogen) atoms. The van der Waals surface area contributed by atoms with Gasteiger partial charge in [-0.05, 0) is 41.0 Å². The molecule has 0 aliphatic heterocycles.